The zero-order chi connectivity index (χ0) is 84.3. The molecule has 0 aliphatic carbocycles. The highest BCUT2D eigenvalue weighted by atomic mass is 79.9. The predicted octanol–water partition coefficient (Wildman–Crippen LogP) is 15.6. The van der Waals surface area contributed by atoms with Gasteiger partial charge in [-0.05, 0) is 243 Å². The number of aromatic nitrogens is 15. The molecule has 13 heterocycles. The quantitative estimate of drug-likeness (QED) is 0.0659. The van der Waals surface area contributed by atoms with Gasteiger partial charge in [0.1, 0.15) is 21.7 Å². The first kappa shape index (κ1) is 82.2. The lowest BCUT2D eigenvalue weighted by molar-refractivity contribution is 0.00578. The van der Waals surface area contributed by atoms with Gasteiger partial charge in [-0.1, -0.05) is 42.5 Å². The van der Waals surface area contributed by atoms with Gasteiger partial charge in [0.25, 0.3) is 0 Å². The van der Waals surface area contributed by atoms with Crippen molar-refractivity contribution in [3.8, 4) is 70.1 Å². The van der Waals surface area contributed by atoms with Crippen molar-refractivity contribution in [3.05, 3.63) is 267 Å². The standard InChI is InChI=1S/2C21H15N5O.2C20H21BN4O2.C7H6BrNO/c1-13-5-3-8-21(23-13)26-12-17-16(11-22)9-15(10-20(17)25-26)19-7-4-6-18(24-19)14(2)27;1-13-5-3-8-21(24-13)26-20-10-15(9-16(11-22)17(20)12-23-26)19-7-4-6-18(25-19)14(2)27;1-13-7-6-8-18(23-13)25-12-16-14(11-22)9-15(10-17(16)24-25)21-26-19(2,3)20(4,5)27-21;1-13-7-6-8-18(24-13)25-17-10-15(9-14(11-22)16(17)12-23-25)21-26-19(2,3)20(4,5)27-21;1-5(10)6-3-2-4-7(8)9-6/h2*3-10,12H,1-2H3;2*6-10,12H,1-5H3;2-4H,1H3. The number of carbonyl (C=O) groups is 3. The van der Waals surface area contributed by atoms with Gasteiger partial charge in [-0.3, -0.25) is 14.4 Å². The zero-order valence-corrected chi connectivity index (χ0v) is 69.0. The Labute approximate surface area is 689 Å². The summed E-state index contributed by atoms with van der Waals surface area (Å²) in [4.78, 5) is 64.8. The zero-order valence-electron chi connectivity index (χ0n) is 67.4. The highest BCUT2D eigenvalue weighted by molar-refractivity contribution is 9.10. The van der Waals surface area contributed by atoms with Crippen LogP contribution in [-0.4, -0.2) is 128 Å². The lowest BCUT2D eigenvalue weighted by Gasteiger charge is -2.32. The van der Waals surface area contributed by atoms with Crippen LogP contribution >= 0.6 is 15.9 Å². The van der Waals surface area contributed by atoms with Crippen molar-refractivity contribution < 1.29 is 33.0 Å². The van der Waals surface area contributed by atoms with Gasteiger partial charge in [0, 0.05) is 88.6 Å². The monoisotopic (exact) mass is 1630 g/mol. The SMILES string of the molecule is CC(=O)c1cccc(-c2cc(C#N)c3cn(-c4cccc(C)n4)nc3c2)n1.CC(=O)c1cccc(-c2cc(C#N)c3cnn(-c4cccc(C)n4)c3c2)n1.CC(=O)c1cccc(Br)n1.Cc1cccc(-n2cc3c(C#N)cc(B4OC(C)(C)C(C)(C)O4)cc3n2)n1.Cc1cccc(-n2ncc3c(C#N)cc(B4OC(C)(C)C(C)(C)O4)cc32)n1. The summed E-state index contributed by atoms with van der Waals surface area (Å²) in [6, 6.07) is 62.6. The minimum Gasteiger partial charge on any atom is -0.399 e. The first-order chi connectivity index (χ1) is 56.2. The Hall–Kier alpha value is -13.8. The highest BCUT2D eigenvalue weighted by Gasteiger charge is 2.53. The van der Waals surface area contributed by atoms with E-state index in [0.717, 1.165) is 77.4 Å². The second-order valence-electron chi connectivity index (χ2n) is 30.2. The number of benzene rings is 4. The largest absolute Gasteiger partial charge is 0.494 e. The summed E-state index contributed by atoms with van der Waals surface area (Å²) in [6.07, 6.45) is 7.01. The Morgan fingerprint density at radius 2 is 0.712 bits per heavy atom. The molecule has 2 fully saturated rings. The van der Waals surface area contributed by atoms with E-state index in [2.05, 4.69) is 95.5 Å². The number of carbonyl (C=O) groups excluding carboxylic acids is 3. The molecule has 0 bridgehead atoms. The number of nitrogens with zero attached hydrogens (tertiary/aromatic N) is 19. The molecule has 17 rings (SSSR count). The summed E-state index contributed by atoms with van der Waals surface area (Å²) in [6.45, 7) is 28.2. The molecule has 118 heavy (non-hydrogen) atoms. The van der Waals surface area contributed by atoms with Crippen LogP contribution in [0.4, 0.5) is 0 Å². The molecular weight excluding hydrogens is 1550 g/mol. The van der Waals surface area contributed by atoms with Gasteiger partial charge >= 0.3 is 14.2 Å². The Bertz CT molecular complexity index is 6580. The van der Waals surface area contributed by atoms with Gasteiger partial charge in [0.2, 0.25) is 0 Å². The van der Waals surface area contributed by atoms with E-state index in [1.807, 2.05) is 211 Å². The molecule has 0 amide bonds. The molecular formula is C89H78B2BrN19O7. The maximum absolute atomic E-state index is 11.7. The molecule has 584 valence electrons. The summed E-state index contributed by atoms with van der Waals surface area (Å²) in [5.41, 5.74) is 12.4. The van der Waals surface area contributed by atoms with Crippen LogP contribution in [0.25, 0.3) is 89.4 Å². The highest BCUT2D eigenvalue weighted by Crippen LogP contribution is 2.39. The van der Waals surface area contributed by atoms with Gasteiger partial charge in [0.15, 0.2) is 40.6 Å². The number of hydrogen-bond acceptors (Lipinski definition) is 22. The van der Waals surface area contributed by atoms with E-state index in [4.69, 9.17) is 18.6 Å². The van der Waals surface area contributed by atoms with E-state index in [-0.39, 0.29) is 17.3 Å². The second-order valence-corrected chi connectivity index (χ2v) is 31.0. The fourth-order valence-corrected chi connectivity index (χ4v) is 13.2. The molecule has 0 spiro atoms. The van der Waals surface area contributed by atoms with Crippen molar-refractivity contribution in [1.29, 1.82) is 21.0 Å². The average molecular weight is 1630 g/mol. The van der Waals surface area contributed by atoms with Gasteiger partial charge in [-0.25, -0.2) is 53.6 Å². The van der Waals surface area contributed by atoms with Crippen LogP contribution in [0.3, 0.4) is 0 Å². The number of hydrogen-bond donors (Lipinski definition) is 0. The minimum atomic E-state index is -0.541. The van der Waals surface area contributed by atoms with Crippen LogP contribution < -0.4 is 10.9 Å². The number of fused-ring (bicyclic) bond motifs is 4. The Morgan fingerprint density at radius 1 is 0.381 bits per heavy atom. The summed E-state index contributed by atoms with van der Waals surface area (Å²) in [5, 5.41) is 59.6. The number of Topliss-reactive ketones (excluding diaryl/α,β-unsaturated/α-hetero) is 3. The fraction of sp³-hybridized carbons (Fsp3) is 0.213. The topological polar surface area (TPSA) is 345 Å². The van der Waals surface area contributed by atoms with Gasteiger partial charge in [-0.2, -0.15) is 41.4 Å². The molecule has 0 unspecified atom stereocenters. The van der Waals surface area contributed by atoms with E-state index < -0.39 is 36.6 Å². The van der Waals surface area contributed by atoms with Crippen LogP contribution in [-0.2, 0) is 18.6 Å². The van der Waals surface area contributed by atoms with Crippen molar-refractivity contribution in [2.75, 3.05) is 0 Å². The van der Waals surface area contributed by atoms with Crippen molar-refractivity contribution in [2.24, 2.45) is 0 Å². The van der Waals surface area contributed by atoms with Crippen LogP contribution in [0.5, 0.6) is 0 Å². The maximum atomic E-state index is 11.7. The van der Waals surface area contributed by atoms with Gasteiger partial charge in [-0.15, -0.1) is 0 Å². The van der Waals surface area contributed by atoms with Crippen molar-refractivity contribution in [3.63, 3.8) is 0 Å². The van der Waals surface area contributed by atoms with Crippen LogP contribution in [0.15, 0.2) is 205 Å². The first-order valence-electron chi connectivity index (χ1n) is 37.5. The number of nitriles is 4. The second kappa shape index (κ2) is 33.6. The third-order valence-corrected chi connectivity index (χ3v) is 20.9. The third-order valence-electron chi connectivity index (χ3n) is 20.5. The van der Waals surface area contributed by atoms with Crippen molar-refractivity contribution in [2.45, 2.75) is 126 Å². The fourth-order valence-electron chi connectivity index (χ4n) is 12.8. The summed E-state index contributed by atoms with van der Waals surface area (Å²) < 4.78 is 32.1. The van der Waals surface area contributed by atoms with E-state index in [1.165, 1.54) is 20.8 Å². The van der Waals surface area contributed by atoms with Gasteiger partial charge in [0.05, 0.1) is 115 Å². The lowest BCUT2D eigenvalue weighted by Crippen LogP contribution is -2.41. The van der Waals surface area contributed by atoms with E-state index in [0.29, 0.717) is 89.6 Å². The Balaban J connectivity index is 0.000000131. The molecule has 0 N–H and O–H groups in total. The van der Waals surface area contributed by atoms with Gasteiger partial charge < -0.3 is 18.6 Å². The lowest BCUT2D eigenvalue weighted by atomic mass is 9.78. The normalized spacial score (nSPS) is 13.9. The molecule has 29 heteroatoms. The maximum Gasteiger partial charge on any atom is 0.494 e. The molecule has 2 saturated heterocycles. The molecule has 15 aromatic rings. The van der Waals surface area contributed by atoms with Crippen LogP contribution in [0.2, 0.25) is 0 Å². The number of aryl methyl sites for hydroxylation is 4. The number of rotatable bonds is 11. The molecule has 0 atom stereocenters. The Kier molecular flexibility index (Phi) is 23.4. The van der Waals surface area contributed by atoms with Crippen LogP contribution in [0.1, 0.15) is 153 Å². The molecule has 0 radical (unpaired) electrons. The summed E-state index contributed by atoms with van der Waals surface area (Å²) in [5.74, 6) is 2.57. The molecule has 4 aromatic carbocycles. The summed E-state index contributed by atoms with van der Waals surface area (Å²) >= 11 is 3.17. The van der Waals surface area contributed by atoms with E-state index in [9.17, 15) is 35.4 Å². The molecule has 0 saturated carbocycles. The first-order valence-corrected chi connectivity index (χ1v) is 38.3. The van der Waals surface area contributed by atoms with Crippen molar-refractivity contribution >= 4 is 102 Å². The molecule has 2 aliphatic rings. The predicted molar refractivity (Wildman–Crippen MR) is 453 cm³/mol. The number of ketones is 3. The number of pyridine rings is 7. The van der Waals surface area contributed by atoms with E-state index in [1.54, 1.807) is 91.9 Å². The third kappa shape index (κ3) is 17.6. The minimum absolute atomic E-state index is 0.0127. The Morgan fingerprint density at radius 3 is 1.10 bits per heavy atom. The molecule has 26 nitrogen and oxygen atoms in total. The van der Waals surface area contributed by atoms with Crippen molar-refractivity contribution in [1.82, 2.24) is 74.0 Å². The van der Waals surface area contributed by atoms with Crippen LogP contribution in [0, 0.1) is 73.0 Å². The molecule has 2 aliphatic heterocycles. The number of halogens is 1. The summed E-state index contributed by atoms with van der Waals surface area (Å²) in [7, 11) is -1.07. The molecule has 11 aromatic heterocycles. The smallest absolute Gasteiger partial charge is 0.399 e. The van der Waals surface area contributed by atoms with E-state index >= 15 is 0 Å². The average Bonchev–Trinajstić information content (AvgIpc) is 1.61.